The highest BCUT2D eigenvalue weighted by Crippen LogP contribution is 2.22. The number of hydrogen-bond acceptors (Lipinski definition) is 2. The van der Waals surface area contributed by atoms with Gasteiger partial charge in [0.05, 0.1) is 0 Å². The minimum absolute atomic E-state index is 0.112. The Balaban J connectivity index is 2.53. The summed E-state index contributed by atoms with van der Waals surface area (Å²) >= 11 is 0. The van der Waals surface area contributed by atoms with E-state index < -0.39 is 0 Å². The van der Waals surface area contributed by atoms with Gasteiger partial charge in [-0.3, -0.25) is 4.79 Å². The molecule has 0 unspecified atom stereocenters. The van der Waals surface area contributed by atoms with E-state index in [4.69, 9.17) is 4.74 Å². The largest absolute Gasteiger partial charge is 0.370 e. The van der Waals surface area contributed by atoms with Crippen molar-refractivity contribution < 1.29 is 9.53 Å². The van der Waals surface area contributed by atoms with Crippen LogP contribution in [0, 0.1) is 11.8 Å². The van der Waals surface area contributed by atoms with E-state index in [0.29, 0.717) is 5.92 Å². The van der Waals surface area contributed by atoms with E-state index in [0.717, 1.165) is 13.0 Å². The van der Waals surface area contributed by atoms with Gasteiger partial charge in [0.25, 0.3) is 0 Å². The number of rotatable bonds is 2. The standard InChI is InChI=1S/C9H16O2/c1-6(2)8(10)9-7(3)4-5-11-9/h6-7,9H,4-5H2,1-3H3/t7-,9+/m0/s1. The molecule has 0 bridgehead atoms. The van der Waals surface area contributed by atoms with Crippen LogP contribution in [0.2, 0.25) is 0 Å². The Bertz CT molecular complexity index is 152. The Hall–Kier alpha value is -0.370. The van der Waals surface area contributed by atoms with E-state index in [9.17, 15) is 4.79 Å². The fourth-order valence-electron chi connectivity index (χ4n) is 1.39. The molecular formula is C9H16O2. The summed E-state index contributed by atoms with van der Waals surface area (Å²) in [5.41, 5.74) is 0. The van der Waals surface area contributed by atoms with E-state index in [1.807, 2.05) is 13.8 Å². The highest BCUT2D eigenvalue weighted by atomic mass is 16.5. The molecule has 0 radical (unpaired) electrons. The summed E-state index contributed by atoms with van der Waals surface area (Å²) in [6, 6.07) is 0. The maximum Gasteiger partial charge on any atom is 0.164 e. The average molecular weight is 156 g/mol. The molecule has 1 saturated heterocycles. The number of Topliss-reactive ketones (excluding diaryl/α,β-unsaturated/α-hetero) is 1. The Kier molecular flexibility index (Phi) is 2.66. The summed E-state index contributed by atoms with van der Waals surface area (Å²) < 4.78 is 5.34. The molecule has 2 nitrogen and oxygen atoms in total. The summed E-state index contributed by atoms with van der Waals surface area (Å²) in [4.78, 5) is 11.4. The molecule has 1 heterocycles. The Morgan fingerprint density at radius 1 is 1.55 bits per heavy atom. The molecule has 1 aliphatic rings. The molecule has 0 aromatic carbocycles. The summed E-state index contributed by atoms with van der Waals surface area (Å²) in [6.07, 6.45) is 0.915. The number of carbonyl (C=O) groups is 1. The van der Waals surface area contributed by atoms with E-state index in [1.165, 1.54) is 0 Å². The number of carbonyl (C=O) groups excluding carboxylic acids is 1. The summed E-state index contributed by atoms with van der Waals surface area (Å²) in [6.45, 7) is 6.69. The van der Waals surface area contributed by atoms with Gasteiger partial charge in [0.15, 0.2) is 5.78 Å². The van der Waals surface area contributed by atoms with Gasteiger partial charge in [0.1, 0.15) is 6.10 Å². The van der Waals surface area contributed by atoms with Gasteiger partial charge >= 0.3 is 0 Å². The predicted octanol–water partition coefficient (Wildman–Crippen LogP) is 1.64. The normalized spacial score (nSPS) is 31.3. The Labute approximate surface area is 67.9 Å². The molecule has 1 rings (SSSR count). The molecule has 0 saturated carbocycles. The first-order valence-electron chi connectivity index (χ1n) is 4.28. The molecule has 1 fully saturated rings. The van der Waals surface area contributed by atoms with Gasteiger partial charge in [-0.1, -0.05) is 20.8 Å². The molecule has 2 atom stereocenters. The van der Waals surface area contributed by atoms with E-state index in [-0.39, 0.29) is 17.8 Å². The molecule has 0 N–H and O–H groups in total. The average Bonchev–Trinajstić information content (AvgIpc) is 2.33. The van der Waals surface area contributed by atoms with E-state index in [2.05, 4.69) is 6.92 Å². The molecule has 64 valence electrons. The molecule has 0 amide bonds. The zero-order chi connectivity index (χ0) is 8.43. The van der Waals surface area contributed by atoms with Crippen molar-refractivity contribution in [3.8, 4) is 0 Å². The Morgan fingerprint density at radius 2 is 2.18 bits per heavy atom. The molecule has 0 spiro atoms. The molecule has 2 heteroatoms. The third-order valence-electron chi connectivity index (χ3n) is 2.24. The first kappa shape index (κ1) is 8.72. The lowest BCUT2D eigenvalue weighted by Crippen LogP contribution is -2.28. The second kappa shape index (κ2) is 3.35. The zero-order valence-electron chi connectivity index (χ0n) is 7.46. The maximum absolute atomic E-state index is 11.4. The van der Waals surface area contributed by atoms with Crippen LogP contribution in [0.3, 0.4) is 0 Å². The second-order valence-corrected chi connectivity index (χ2v) is 3.61. The van der Waals surface area contributed by atoms with Gasteiger partial charge in [-0.25, -0.2) is 0 Å². The fraction of sp³-hybridized carbons (Fsp3) is 0.889. The van der Waals surface area contributed by atoms with E-state index in [1.54, 1.807) is 0 Å². The van der Waals surface area contributed by atoms with Crippen molar-refractivity contribution >= 4 is 5.78 Å². The lowest BCUT2D eigenvalue weighted by molar-refractivity contribution is -0.132. The monoisotopic (exact) mass is 156 g/mol. The number of hydrogen-bond donors (Lipinski definition) is 0. The van der Waals surface area contributed by atoms with Crippen molar-refractivity contribution in [2.24, 2.45) is 11.8 Å². The predicted molar refractivity (Wildman–Crippen MR) is 43.4 cm³/mol. The zero-order valence-corrected chi connectivity index (χ0v) is 7.46. The highest BCUT2D eigenvalue weighted by molar-refractivity contribution is 5.85. The quantitative estimate of drug-likeness (QED) is 0.607. The van der Waals surface area contributed by atoms with Crippen LogP contribution >= 0.6 is 0 Å². The SMILES string of the molecule is CC(C)C(=O)[C@@H]1OCC[C@@H]1C. The van der Waals surface area contributed by atoms with Gasteiger partial charge in [-0.15, -0.1) is 0 Å². The van der Waals surface area contributed by atoms with Crippen molar-refractivity contribution in [3.63, 3.8) is 0 Å². The number of ketones is 1. The van der Waals surface area contributed by atoms with Crippen molar-refractivity contribution in [1.29, 1.82) is 0 Å². The second-order valence-electron chi connectivity index (χ2n) is 3.61. The summed E-state index contributed by atoms with van der Waals surface area (Å²) in [7, 11) is 0. The lowest BCUT2D eigenvalue weighted by Gasteiger charge is -2.14. The van der Waals surface area contributed by atoms with Crippen LogP contribution in [0.4, 0.5) is 0 Å². The van der Waals surface area contributed by atoms with Crippen LogP contribution in [-0.4, -0.2) is 18.5 Å². The minimum Gasteiger partial charge on any atom is -0.370 e. The highest BCUT2D eigenvalue weighted by Gasteiger charge is 2.31. The van der Waals surface area contributed by atoms with Gasteiger partial charge in [-0.2, -0.15) is 0 Å². The van der Waals surface area contributed by atoms with Gasteiger partial charge in [0, 0.05) is 12.5 Å². The third-order valence-corrected chi connectivity index (χ3v) is 2.24. The van der Waals surface area contributed by atoms with Crippen LogP contribution in [0.1, 0.15) is 27.2 Å². The number of ether oxygens (including phenoxy) is 1. The van der Waals surface area contributed by atoms with Crippen LogP contribution < -0.4 is 0 Å². The van der Waals surface area contributed by atoms with Crippen molar-refractivity contribution in [2.45, 2.75) is 33.3 Å². The topological polar surface area (TPSA) is 26.3 Å². The van der Waals surface area contributed by atoms with Gasteiger partial charge in [0.2, 0.25) is 0 Å². The van der Waals surface area contributed by atoms with Crippen molar-refractivity contribution in [3.05, 3.63) is 0 Å². The van der Waals surface area contributed by atoms with Crippen LogP contribution in [-0.2, 0) is 9.53 Å². The minimum atomic E-state index is -0.116. The van der Waals surface area contributed by atoms with Gasteiger partial charge < -0.3 is 4.74 Å². The smallest absolute Gasteiger partial charge is 0.164 e. The summed E-state index contributed by atoms with van der Waals surface area (Å²) in [5, 5.41) is 0. The van der Waals surface area contributed by atoms with Crippen LogP contribution in [0.5, 0.6) is 0 Å². The molecule has 11 heavy (non-hydrogen) atoms. The Morgan fingerprint density at radius 3 is 2.55 bits per heavy atom. The molecular weight excluding hydrogens is 140 g/mol. The van der Waals surface area contributed by atoms with Crippen LogP contribution in [0.25, 0.3) is 0 Å². The molecule has 1 aliphatic heterocycles. The van der Waals surface area contributed by atoms with Crippen molar-refractivity contribution in [1.82, 2.24) is 0 Å². The first-order chi connectivity index (χ1) is 5.13. The molecule has 0 aromatic heterocycles. The van der Waals surface area contributed by atoms with Crippen LogP contribution in [0.15, 0.2) is 0 Å². The molecule has 0 aliphatic carbocycles. The van der Waals surface area contributed by atoms with E-state index >= 15 is 0 Å². The lowest BCUT2D eigenvalue weighted by atomic mass is 9.94. The fourth-order valence-corrected chi connectivity index (χ4v) is 1.39. The summed E-state index contributed by atoms with van der Waals surface area (Å²) in [5.74, 6) is 0.792. The third kappa shape index (κ3) is 1.80. The first-order valence-corrected chi connectivity index (χ1v) is 4.28. The van der Waals surface area contributed by atoms with Gasteiger partial charge in [-0.05, 0) is 12.3 Å². The van der Waals surface area contributed by atoms with Crippen molar-refractivity contribution in [2.75, 3.05) is 6.61 Å². The maximum atomic E-state index is 11.4. The molecule has 0 aromatic rings.